The Morgan fingerprint density at radius 1 is 0.476 bits per heavy atom. The summed E-state index contributed by atoms with van der Waals surface area (Å²) in [5.74, 6) is 0. The van der Waals surface area contributed by atoms with Crippen molar-refractivity contribution in [3.05, 3.63) is 175 Å². The third-order valence-electron chi connectivity index (χ3n) is 8.05. The van der Waals surface area contributed by atoms with Crippen LogP contribution >= 0.6 is 7.64 Å². The molecule has 0 spiro atoms. The molecular weight excluding hydrogens is 529 g/mol. The topological polar surface area (TPSA) is 23.5 Å². The zero-order valence-electron chi connectivity index (χ0n) is 23.4. The number of nitrogens with zero attached hydrogens (tertiary/aromatic N) is 1. The maximum Gasteiger partial charge on any atom is 0.304 e. The minimum Gasteiger partial charge on any atom is -0.216 e. The van der Waals surface area contributed by atoms with Crippen molar-refractivity contribution in [3.8, 4) is 22.3 Å². The van der Waals surface area contributed by atoms with Crippen LogP contribution in [0.5, 0.6) is 0 Å². The number of allylic oxidation sites excluding steroid dienone is 1. The fraction of sp³-hybridized carbons (Fsp3) is 0.0256. The third-order valence-corrected chi connectivity index (χ3v) is 11.3. The number of rotatable bonds is 5. The van der Waals surface area contributed by atoms with Crippen LogP contribution < -0.4 is 9.97 Å². The lowest BCUT2D eigenvalue weighted by molar-refractivity contribution is 0.622. The molecule has 3 heteroatoms. The first-order valence-electron chi connectivity index (χ1n) is 14.2. The van der Waals surface area contributed by atoms with Gasteiger partial charge in [-0.25, -0.2) is 4.89 Å². The Morgan fingerprint density at radius 2 is 0.976 bits per heavy atom. The van der Waals surface area contributed by atoms with Crippen molar-refractivity contribution in [2.24, 2.45) is 0 Å². The highest BCUT2D eigenvalue weighted by molar-refractivity contribution is 7.89. The van der Waals surface area contributed by atoms with Gasteiger partial charge < -0.3 is 0 Å². The molecule has 0 aliphatic carbocycles. The van der Waals surface area contributed by atoms with Crippen LogP contribution in [-0.2, 0) is 0 Å². The van der Waals surface area contributed by atoms with Crippen molar-refractivity contribution in [2.75, 3.05) is 4.67 Å². The molecule has 1 unspecified atom stereocenters. The van der Waals surface area contributed by atoms with Gasteiger partial charge in [-0.3, -0.25) is 0 Å². The molecule has 7 rings (SSSR count). The van der Waals surface area contributed by atoms with Gasteiger partial charge in [0.15, 0.2) is 10.6 Å². The maximum absolute atomic E-state index is 13.5. The average molecular weight is 561 g/mol. The lowest BCUT2D eigenvalue weighted by Crippen LogP contribution is -2.31. The summed E-state index contributed by atoms with van der Waals surface area (Å²) in [4.78, 5) is 13.5. The summed E-state index contributed by atoms with van der Waals surface area (Å²) in [7, 11) is -3.17. The van der Waals surface area contributed by atoms with Gasteiger partial charge in [-0.2, -0.15) is 4.67 Å². The zero-order chi connectivity index (χ0) is 28.5. The predicted octanol–water partition coefficient (Wildman–Crippen LogP) is 10.2. The van der Waals surface area contributed by atoms with Crippen molar-refractivity contribution >= 4 is 35.2 Å². The minimum absolute atomic E-state index is 0.918. The van der Waals surface area contributed by atoms with Gasteiger partial charge in [0.25, 0.3) is 0 Å². The fourth-order valence-corrected chi connectivity index (χ4v) is 9.45. The quantitative estimate of drug-likeness (QED) is 0.212. The molecule has 0 saturated carbocycles. The lowest BCUT2D eigenvalue weighted by Gasteiger charge is -2.39. The zero-order valence-corrected chi connectivity index (χ0v) is 24.3. The molecule has 202 valence electrons. The van der Waals surface area contributed by atoms with Crippen LogP contribution in [0.2, 0.25) is 0 Å². The molecule has 1 heterocycles. The van der Waals surface area contributed by atoms with Crippen molar-refractivity contribution < 1.29 is 4.89 Å². The number of benzene rings is 6. The smallest absolute Gasteiger partial charge is 0.216 e. The minimum atomic E-state index is -3.17. The Morgan fingerprint density at radius 3 is 1.67 bits per heavy atom. The first-order chi connectivity index (χ1) is 20.6. The molecular formula is C39H31NOP+. The first kappa shape index (κ1) is 26.2. The van der Waals surface area contributed by atoms with Crippen LogP contribution in [0.25, 0.3) is 33.1 Å². The summed E-state index contributed by atoms with van der Waals surface area (Å²) in [5, 5.41) is 1.91. The maximum atomic E-state index is 13.5. The molecule has 0 aromatic heterocycles. The van der Waals surface area contributed by atoms with Gasteiger partial charge in [-0.15, -0.1) is 0 Å². The molecule has 1 N–H and O–H groups in total. The predicted molar refractivity (Wildman–Crippen MR) is 180 cm³/mol. The Hall–Kier alpha value is -4.75. The fourth-order valence-electron chi connectivity index (χ4n) is 6.09. The summed E-state index contributed by atoms with van der Waals surface area (Å²) in [5.41, 5.74) is 9.83. The normalized spacial score (nSPS) is 16.3. The molecule has 1 atom stereocenters. The van der Waals surface area contributed by atoms with E-state index in [1.807, 2.05) is 30.3 Å². The van der Waals surface area contributed by atoms with E-state index in [0.29, 0.717) is 0 Å². The number of fused-ring (bicyclic) bond motifs is 1. The van der Waals surface area contributed by atoms with Crippen molar-refractivity contribution in [2.45, 2.75) is 6.92 Å². The highest BCUT2D eigenvalue weighted by Gasteiger charge is 2.56. The average Bonchev–Trinajstić information content (AvgIpc) is 3.06. The van der Waals surface area contributed by atoms with E-state index < -0.39 is 7.64 Å². The van der Waals surface area contributed by atoms with Crippen LogP contribution in [0, 0.1) is 0 Å². The van der Waals surface area contributed by atoms with Gasteiger partial charge in [0.1, 0.15) is 0 Å². The third kappa shape index (κ3) is 4.46. The molecule has 6 aromatic rings. The van der Waals surface area contributed by atoms with Crippen molar-refractivity contribution in [3.63, 3.8) is 0 Å². The largest absolute Gasteiger partial charge is 0.304 e. The van der Waals surface area contributed by atoms with Gasteiger partial charge >= 0.3 is 7.64 Å². The molecule has 2 nitrogen and oxygen atoms in total. The van der Waals surface area contributed by atoms with Gasteiger partial charge in [0, 0.05) is 16.7 Å². The second-order valence-electron chi connectivity index (χ2n) is 10.6. The van der Waals surface area contributed by atoms with E-state index in [4.69, 9.17) is 0 Å². The second kappa shape index (κ2) is 10.9. The van der Waals surface area contributed by atoms with Gasteiger partial charge in [-0.1, -0.05) is 127 Å². The standard InChI is InChI=1S/C39H31NOP/c1-29-37-25-11-12-26-38(37)40(35-22-9-4-10-23-35)42(41,39(29)31-17-7-3-8-18-31)36-24-14-21-34(28-36)33-20-13-19-32(27-33)30-15-5-2-6-16-30/h2-28,41H,1H3/q+1. The highest BCUT2D eigenvalue weighted by atomic mass is 31.2. The monoisotopic (exact) mass is 560 g/mol. The van der Waals surface area contributed by atoms with Crippen LogP contribution in [0.3, 0.4) is 0 Å². The Bertz CT molecular complexity index is 1900. The summed E-state index contributed by atoms with van der Waals surface area (Å²) < 4.78 is 2.21. The number of hydrogen-bond acceptors (Lipinski definition) is 2. The van der Waals surface area contributed by atoms with E-state index >= 15 is 0 Å². The van der Waals surface area contributed by atoms with Crippen molar-refractivity contribution in [1.82, 2.24) is 0 Å². The first-order valence-corrected chi connectivity index (χ1v) is 15.9. The summed E-state index contributed by atoms with van der Waals surface area (Å²) in [6.45, 7) is 2.15. The summed E-state index contributed by atoms with van der Waals surface area (Å²) in [6, 6.07) is 56.7. The van der Waals surface area contributed by atoms with Crippen LogP contribution in [0.1, 0.15) is 18.1 Å². The Kier molecular flexibility index (Phi) is 6.80. The number of hydrogen-bond donors (Lipinski definition) is 1. The van der Waals surface area contributed by atoms with Gasteiger partial charge in [0.2, 0.25) is 0 Å². The molecule has 0 saturated heterocycles. The molecule has 6 aromatic carbocycles. The number of para-hydroxylation sites is 2. The van der Waals surface area contributed by atoms with E-state index in [2.05, 4.69) is 145 Å². The Balaban J connectivity index is 1.47. The number of anilines is 2. The molecule has 1 aliphatic heterocycles. The second-order valence-corrected chi connectivity index (χ2v) is 13.2. The van der Waals surface area contributed by atoms with E-state index in [9.17, 15) is 4.89 Å². The van der Waals surface area contributed by atoms with Crippen LogP contribution in [0.4, 0.5) is 11.4 Å². The SMILES string of the molecule is CC1=C(c2ccccc2)[P+](O)(c2cccc(-c3cccc(-c4ccccc4)c3)c2)N(c2ccccc2)c2ccccc21. The van der Waals surface area contributed by atoms with Gasteiger partial charge in [0.05, 0.1) is 11.4 Å². The molecule has 0 amide bonds. The molecule has 0 fully saturated rings. The summed E-state index contributed by atoms with van der Waals surface area (Å²) in [6.07, 6.45) is 0. The van der Waals surface area contributed by atoms with Crippen molar-refractivity contribution in [1.29, 1.82) is 0 Å². The molecule has 42 heavy (non-hydrogen) atoms. The van der Waals surface area contributed by atoms with Crippen LogP contribution in [-0.4, -0.2) is 4.89 Å². The van der Waals surface area contributed by atoms with Gasteiger partial charge in [-0.05, 0) is 65.6 Å². The summed E-state index contributed by atoms with van der Waals surface area (Å²) >= 11 is 0. The van der Waals surface area contributed by atoms with E-state index in [1.165, 1.54) is 11.1 Å². The molecule has 1 aliphatic rings. The molecule has 0 bridgehead atoms. The highest BCUT2D eigenvalue weighted by Crippen LogP contribution is 2.75. The molecule has 0 radical (unpaired) electrons. The van der Waals surface area contributed by atoms with Crippen LogP contribution in [0.15, 0.2) is 164 Å². The Labute approximate surface area is 248 Å². The van der Waals surface area contributed by atoms with E-state index in [0.717, 1.165) is 49.8 Å². The lowest BCUT2D eigenvalue weighted by atomic mass is 9.99. The van der Waals surface area contributed by atoms with E-state index in [-0.39, 0.29) is 0 Å². The van der Waals surface area contributed by atoms with E-state index in [1.54, 1.807) is 0 Å².